The van der Waals surface area contributed by atoms with E-state index in [-0.39, 0.29) is 5.91 Å². The second kappa shape index (κ2) is 8.65. The molecule has 0 spiro atoms. The molecule has 1 N–H and O–H groups in total. The van der Waals surface area contributed by atoms with Crippen LogP contribution in [0.3, 0.4) is 0 Å². The van der Waals surface area contributed by atoms with Crippen molar-refractivity contribution in [2.24, 2.45) is 0 Å². The Morgan fingerprint density at radius 3 is 2.38 bits per heavy atom. The van der Waals surface area contributed by atoms with E-state index in [1.807, 2.05) is 91.2 Å². The summed E-state index contributed by atoms with van der Waals surface area (Å²) in [6, 6.07) is 25.6. The summed E-state index contributed by atoms with van der Waals surface area (Å²) in [7, 11) is 0. The number of hydrogen-bond acceptors (Lipinski definition) is 4. The van der Waals surface area contributed by atoms with Gasteiger partial charge in [0.25, 0.3) is 5.91 Å². The predicted octanol–water partition coefficient (Wildman–Crippen LogP) is 7.35. The van der Waals surface area contributed by atoms with E-state index >= 15 is 0 Å². The fourth-order valence-corrected chi connectivity index (χ4v) is 4.70. The number of carbonyl (C=O) groups is 1. The fraction of sp³-hybridized carbons (Fsp3) is 0.0385. The van der Waals surface area contributed by atoms with E-state index in [2.05, 4.69) is 26.2 Å². The molecule has 0 aliphatic heterocycles. The number of nitrogens with zero attached hydrogens (tertiary/aromatic N) is 2. The first-order valence-corrected chi connectivity index (χ1v) is 11.7. The molecular weight excluding hydrogens is 482 g/mol. The molecule has 32 heavy (non-hydrogen) atoms. The maximum atomic E-state index is 13.4. The van der Waals surface area contributed by atoms with Crippen molar-refractivity contribution in [3.05, 3.63) is 99.8 Å². The van der Waals surface area contributed by atoms with Crippen LogP contribution in [-0.4, -0.2) is 15.9 Å². The number of halogens is 1. The Bertz CT molecular complexity index is 1430. The third-order valence-electron chi connectivity index (χ3n) is 5.27. The number of benzene rings is 3. The molecule has 4 nitrogen and oxygen atoms in total. The van der Waals surface area contributed by atoms with Gasteiger partial charge < -0.3 is 0 Å². The second-order valence-corrected chi connectivity index (χ2v) is 9.12. The maximum Gasteiger partial charge on any atom is 0.258 e. The van der Waals surface area contributed by atoms with Gasteiger partial charge in [-0.25, -0.2) is 9.97 Å². The van der Waals surface area contributed by atoms with Gasteiger partial charge in [-0.15, -0.1) is 11.3 Å². The van der Waals surface area contributed by atoms with Crippen molar-refractivity contribution < 1.29 is 4.79 Å². The number of carbonyl (C=O) groups excluding carboxylic acids is 1. The zero-order chi connectivity index (χ0) is 22.1. The quantitative estimate of drug-likeness (QED) is 0.281. The summed E-state index contributed by atoms with van der Waals surface area (Å²) in [6.45, 7) is 1.95. The molecule has 0 atom stereocenters. The molecule has 0 aliphatic rings. The highest BCUT2D eigenvalue weighted by atomic mass is 79.9. The van der Waals surface area contributed by atoms with Gasteiger partial charge in [0, 0.05) is 26.4 Å². The van der Waals surface area contributed by atoms with E-state index in [0.29, 0.717) is 10.7 Å². The lowest BCUT2D eigenvalue weighted by molar-refractivity contribution is 0.102. The maximum absolute atomic E-state index is 13.4. The molecule has 0 aliphatic carbocycles. The molecule has 0 radical (unpaired) electrons. The van der Waals surface area contributed by atoms with E-state index in [9.17, 15) is 4.79 Å². The first-order valence-electron chi connectivity index (χ1n) is 10.1. The largest absolute Gasteiger partial charge is 0.298 e. The van der Waals surface area contributed by atoms with Crippen LogP contribution in [0.4, 0.5) is 5.13 Å². The smallest absolute Gasteiger partial charge is 0.258 e. The number of nitrogens with one attached hydrogen (secondary N) is 1. The van der Waals surface area contributed by atoms with E-state index in [1.165, 1.54) is 11.3 Å². The van der Waals surface area contributed by atoms with Gasteiger partial charge in [0.15, 0.2) is 5.13 Å². The first kappa shape index (κ1) is 20.5. The molecule has 2 heterocycles. The number of amides is 1. The summed E-state index contributed by atoms with van der Waals surface area (Å²) in [5, 5.41) is 6.34. The highest BCUT2D eigenvalue weighted by Gasteiger charge is 2.20. The Labute approximate surface area is 198 Å². The third-order valence-corrected chi connectivity index (χ3v) is 6.56. The molecule has 3 aromatic carbocycles. The lowest BCUT2D eigenvalue weighted by Gasteiger charge is -2.14. The Hall–Kier alpha value is -3.35. The Morgan fingerprint density at radius 2 is 1.59 bits per heavy atom. The van der Waals surface area contributed by atoms with Gasteiger partial charge in [0.2, 0.25) is 0 Å². The molecule has 0 unspecified atom stereocenters. The molecule has 0 saturated carbocycles. The average molecular weight is 500 g/mol. The number of fused-ring (bicyclic) bond motifs is 1. The van der Waals surface area contributed by atoms with Crippen molar-refractivity contribution in [2.45, 2.75) is 6.92 Å². The summed E-state index contributed by atoms with van der Waals surface area (Å²) < 4.78 is 1.01. The molecule has 1 amide bonds. The van der Waals surface area contributed by atoms with Crippen molar-refractivity contribution >= 4 is 49.2 Å². The van der Waals surface area contributed by atoms with Crippen molar-refractivity contribution in [3.8, 4) is 22.5 Å². The number of thiazole rings is 1. The number of aromatic nitrogens is 2. The van der Waals surface area contributed by atoms with Crippen LogP contribution in [0.5, 0.6) is 0 Å². The van der Waals surface area contributed by atoms with E-state index in [4.69, 9.17) is 4.98 Å². The summed E-state index contributed by atoms with van der Waals surface area (Å²) in [6.07, 6.45) is 0. The Balaban J connectivity index is 1.54. The van der Waals surface area contributed by atoms with Gasteiger partial charge in [-0.05, 0) is 30.7 Å². The molecule has 5 rings (SSSR count). The minimum Gasteiger partial charge on any atom is -0.298 e. The van der Waals surface area contributed by atoms with Crippen LogP contribution < -0.4 is 5.32 Å². The molecule has 6 heteroatoms. The van der Waals surface area contributed by atoms with Gasteiger partial charge in [0.1, 0.15) is 0 Å². The molecule has 0 saturated heterocycles. The minimum absolute atomic E-state index is 0.185. The van der Waals surface area contributed by atoms with Crippen molar-refractivity contribution in [3.63, 3.8) is 0 Å². The highest BCUT2D eigenvalue weighted by molar-refractivity contribution is 9.10. The van der Waals surface area contributed by atoms with E-state index in [0.717, 1.165) is 43.5 Å². The third kappa shape index (κ3) is 3.95. The summed E-state index contributed by atoms with van der Waals surface area (Å²) in [5.74, 6) is -0.185. The highest BCUT2D eigenvalue weighted by Crippen LogP contribution is 2.31. The van der Waals surface area contributed by atoms with Crippen molar-refractivity contribution in [2.75, 3.05) is 5.32 Å². The molecule has 2 aromatic heterocycles. The first-order chi connectivity index (χ1) is 15.6. The van der Waals surface area contributed by atoms with Crippen LogP contribution in [0.2, 0.25) is 0 Å². The average Bonchev–Trinajstić information content (AvgIpc) is 3.28. The number of hydrogen-bond donors (Lipinski definition) is 1. The molecule has 0 bridgehead atoms. The van der Waals surface area contributed by atoms with Gasteiger partial charge in [0.05, 0.1) is 22.5 Å². The van der Waals surface area contributed by atoms with Crippen LogP contribution in [-0.2, 0) is 0 Å². The SMILES string of the molecule is Cc1c(-c2ccccc2)nc2ccccc2c1C(=O)Nc1nc(-c2ccc(Br)cc2)cs1. The van der Waals surface area contributed by atoms with Crippen LogP contribution in [0.1, 0.15) is 15.9 Å². The standard InChI is InChI=1S/C26H18BrN3OS/c1-16-23(20-9-5-6-10-21(20)28-24(16)18-7-3-2-4-8-18)25(31)30-26-29-22(15-32-26)17-11-13-19(27)14-12-17/h2-15H,1H3,(H,29,30,31). The van der Waals surface area contributed by atoms with Crippen molar-refractivity contribution in [1.82, 2.24) is 9.97 Å². The van der Waals surface area contributed by atoms with Crippen LogP contribution in [0.25, 0.3) is 33.4 Å². The van der Waals surface area contributed by atoms with E-state index in [1.54, 1.807) is 0 Å². The van der Waals surface area contributed by atoms with Crippen LogP contribution >= 0.6 is 27.3 Å². The van der Waals surface area contributed by atoms with Gasteiger partial charge in [-0.3, -0.25) is 10.1 Å². The molecular formula is C26H18BrN3OS. The minimum atomic E-state index is -0.185. The molecule has 0 fully saturated rings. The van der Waals surface area contributed by atoms with Gasteiger partial charge in [-0.2, -0.15) is 0 Å². The number of anilines is 1. The zero-order valence-corrected chi connectivity index (χ0v) is 19.6. The lowest BCUT2D eigenvalue weighted by Crippen LogP contribution is -2.15. The van der Waals surface area contributed by atoms with Gasteiger partial charge >= 0.3 is 0 Å². The predicted molar refractivity (Wildman–Crippen MR) is 135 cm³/mol. The summed E-state index contributed by atoms with van der Waals surface area (Å²) in [4.78, 5) is 22.9. The van der Waals surface area contributed by atoms with Crippen molar-refractivity contribution in [1.29, 1.82) is 0 Å². The summed E-state index contributed by atoms with van der Waals surface area (Å²) in [5.41, 5.74) is 5.88. The number of rotatable bonds is 4. The number of para-hydroxylation sites is 1. The molecule has 156 valence electrons. The fourth-order valence-electron chi connectivity index (χ4n) is 3.72. The Kier molecular flexibility index (Phi) is 5.55. The Morgan fingerprint density at radius 1 is 0.875 bits per heavy atom. The van der Waals surface area contributed by atoms with E-state index < -0.39 is 0 Å². The van der Waals surface area contributed by atoms with Crippen LogP contribution in [0.15, 0.2) is 88.7 Å². The van der Waals surface area contributed by atoms with Crippen LogP contribution in [0, 0.1) is 6.92 Å². The number of pyridine rings is 1. The zero-order valence-electron chi connectivity index (χ0n) is 17.2. The monoisotopic (exact) mass is 499 g/mol. The molecule has 5 aromatic rings. The normalized spacial score (nSPS) is 10.9. The lowest BCUT2D eigenvalue weighted by atomic mass is 9.97. The van der Waals surface area contributed by atoms with Gasteiger partial charge in [-0.1, -0.05) is 76.6 Å². The second-order valence-electron chi connectivity index (χ2n) is 7.34. The topological polar surface area (TPSA) is 54.9 Å². The summed E-state index contributed by atoms with van der Waals surface area (Å²) >= 11 is 4.86.